The highest BCUT2D eigenvalue weighted by atomic mass is 79.9. The number of amides is 3. The summed E-state index contributed by atoms with van der Waals surface area (Å²) in [5.41, 5.74) is 0.331. The van der Waals surface area contributed by atoms with E-state index in [2.05, 4.69) is 31.9 Å². The lowest BCUT2D eigenvalue weighted by Gasteiger charge is -2.36. The highest BCUT2D eigenvalue weighted by Crippen LogP contribution is 2.60. The molecule has 3 aliphatic rings. The Kier molecular flexibility index (Phi) is 8.23. The largest absolute Gasteiger partial charge is 0.292 e. The van der Waals surface area contributed by atoms with Gasteiger partial charge in [0.25, 0.3) is 17.7 Å². The summed E-state index contributed by atoms with van der Waals surface area (Å²) in [5, 5.41) is 2.65. The second kappa shape index (κ2) is 11.0. The Morgan fingerprint density at radius 3 is 1.97 bits per heavy atom. The van der Waals surface area contributed by atoms with Gasteiger partial charge in [-0.3, -0.25) is 19.2 Å². The third-order valence-corrected chi connectivity index (χ3v) is 12.1. The number of fused-ring (bicyclic) bond motifs is 5. The van der Waals surface area contributed by atoms with Crippen molar-refractivity contribution in [3.63, 3.8) is 0 Å². The third-order valence-electron chi connectivity index (χ3n) is 7.66. The molecule has 1 heterocycles. The summed E-state index contributed by atoms with van der Waals surface area (Å²) in [5.74, 6) is -3.52. The van der Waals surface area contributed by atoms with Gasteiger partial charge in [-0.15, -0.1) is 11.6 Å². The van der Waals surface area contributed by atoms with E-state index in [1.165, 1.54) is 30.3 Å². The molecule has 0 N–H and O–H groups in total. The molecule has 38 heavy (non-hydrogen) atoms. The number of rotatable bonds is 7. The van der Waals surface area contributed by atoms with Gasteiger partial charge in [0, 0.05) is 31.7 Å². The fourth-order valence-electron chi connectivity index (χ4n) is 5.95. The molecule has 2 bridgehead atoms. The van der Waals surface area contributed by atoms with Crippen molar-refractivity contribution in [2.75, 3.05) is 5.88 Å². The van der Waals surface area contributed by atoms with Crippen molar-refractivity contribution in [3.8, 4) is 0 Å². The Labute approximate surface area is 256 Å². The minimum Gasteiger partial charge on any atom is -0.292 e. The molecule has 0 unspecified atom stereocenters. The van der Waals surface area contributed by atoms with E-state index in [0.717, 1.165) is 16.4 Å². The predicted molar refractivity (Wildman–Crippen MR) is 153 cm³/mol. The summed E-state index contributed by atoms with van der Waals surface area (Å²) < 4.78 is 0. The van der Waals surface area contributed by atoms with Crippen LogP contribution in [0.4, 0.5) is 0 Å². The maximum atomic E-state index is 14.1. The number of carbonyl (C=O) groups is 4. The van der Waals surface area contributed by atoms with Crippen LogP contribution in [0.5, 0.6) is 0 Å². The van der Waals surface area contributed by atoms with E-state index < -0.39 is 41.4 Å². The molecule has 200 valence electrons. The Morgan fingerprint density at radius 1 is 0.895 bits per heavy atom. The number of hydrogen-bond donors (Lipinski definition) is 0. The molecule has 3 fully saturated rings. The number of nitrogens with zero attached hydrogens (tertiary/aromatic N) is 2. The summed E-state index contributed by atoms with van der Waals surface area (Å²) in [4.78, 5) is 55.7. The Morgan fingerprint density at radius 2 is 1.45 bits per heavy atom. The second-order valence-electron chi connectivity index (χ2n) is 9.64. The van der Waals surface area contributed by atoms with Crippen LogP contribution in [0.1, 0.15) is 33.6 Å². The summed E-state index contributed by atoms with van der Waals surface area (Å²) >= 11 is 31.7. The summed E-state index contributed by atoms with van der Waals surface area (Å²) in [6.07, 6.45) is 0.722. The number of hydrogen-bond acceptors (Lipinski definition) is 4. The zero-order valence-corrected chi connectivity index (χ0v) is 25.7. The average molecular weight is 726 g/mol. The molecule has 3 amide bonds. The monoisotopic (exact) mass is 722 g/mol. The minimum absolute atomic E-state index is 0.00251. The lowest BCUT2D eigenvalue weighted by Crippen LogP contribution is -2.58. The van der Waals surface area contributed by atoms with Crippen LogP contribution < -0.4 is 0 Å². The molecule has 7 atom stereocenters. The first-order chi connectivity index (χ1) is 18.1. The van der Waals surface area contributed by atoms with Gasteiger partial charge >= 0.3 is 0 Å². The van der Waals surface area contributed by atoms with Crippen molar-refractivity contribution in [2.45, 2.75) is 28.5 Å². The van der Waals surface area contributed by atoms with Crippen LogP contribution in [0.25, 0.3) is 0 Å². The fourth-order valence-corrected chi connectivity index (χ4v) is 8.46. The van der Waals surface area contributed by atoms with Crippen LogP contribution in [0, 0.1) is 23.7 Å². The topological polar surface area (TPSA) is 74.8 Å². The number of halogens is 6. The van der Waals surface area contributed by atoms with E-state index in [1.54, 1.807) is 12.1 Å². The SMILES string of the molecule is O=C(c1ccc(Cl)cc1)[C@H](CCCl)N(C(=O)c1ccc(Cl)c(Cl)c1)N1C(=O)[C@@H]2[C@H]3C[C@@H]([C@@H](Br)[C@H]3Br)[C@H]2C1=O. The lowest BCUT2D eigenvalue weighted by molar-refractivity contribution is -0.157. The molecule has 2 saturated carbocycles. The first-order valence-electron chi connectivity index (χ1n) is 11.9. The van der Waals surface area contributed by atoms with E-state index in [0.29, 0.717) is 5.02 Å². The van der Waals surface area contributed by atoms with Crippen molar-refractivity contribution in [3.05, 3.63) is 68.7 Å². The first kappa shape index (κ1) is 28.4. The second-order valence-corrected chi connectivity index (χ2v) is 13.4. The van der Waals surface area contributed by atoms with Crippen LogP contribution >= 0.6 is 78.3 Å². The van der Waals surface area contributed by atoms with Crippen LogP contribution in [-0.4, -0.2) is 55.1 Å². The Bertz CT molecular complexity index is 1290. The number of ketones is 1. The molecule has 0 radical (unpaired) electrons. The molecule has 6 nitrogen and oxygen atoms in total. The van der Waals surface area contributed by atoms with E-state index in [-0.39, 0.29) is 55.0 Å². The van der Waals surface area contributed by atoms with Crippen molar-refractivity contribution >= 4 is 102 Å². The molecule has 5 rings (SSSR count). The first-order valence-corrected chi connectivity index (χ1v) is 15.4. The van der Waals surface area contributed by atoms with Crippen LogP contribution in [-0.2, 0) is 9.59 Å². The maximum absolute atomic E-state index is 14.1. The molecular weight excluding hydrogens is 706 g/mol. The molecule has 2 aromatic carbocycles. The van der Waals surface area contributed by atoms with E-state index >= 15 is 0 Å². The van der Waals surface area contributed by atoms with Gasteiger partial charge < -0.3 is 0 Å². The molecule has 1 aliphatic heterocycles. The summed E-state index contributed by atoms with van der Waals surface area (Å²) in [6.45, 7) is 0. The van der Waals surface area contributed by atoms with Crippen LogP contribution in [0.2, 0.25) is 15.1 Å². The molecule has 2 aromatic rings. The van der Waals surface area contributed by atoms with E-state index in [1.807, 2.05) is 0 Å². The van der Waals surface area contributed by atoms with Gasteiger partial charge in [-0.2, -0.15) is 5.01 Å². The van der Waals surface area contributed by atoms with Gasteiger partial charge in [-0.25, -0.2) is 5.01 Å². The molecule has 2 aliphatic carbocycles. The number of Topliss-reactive ketones (excluding diaryl/α,β-unsaturated/α-hetero) is 1. The zero-order valence-electron chi connectivity index (χ0n) is 19.5. The zero-order chi connectivity index (χ0) is 27.5. The van der Waals surface area contributed by atoms with Gasteiger partial charge in [-0.05, 0) is 67.1 Å². The molecule has 0 aromatic heterocycles. The minimum atomic E-state index is -1.24. The normalized spacial score (nSPS) is 28.5. The van der Waals surface area contributed by atoms with Crippen molar-refractivity contribution in [2.24, 2.45) is 23.7 Å². The number of alkyl halides is 3. The lowest BCUT2D eigenvalue weighted by atomic mass is 9.81. The maximum Gasteiger partial charge on any atom is 0.273 e. The van der Waals surface area contributed by atoms with Gasteiger partial charge in [0.15, 0.2) is 5.78 Å². The van der Waals surface area contributed by atoms with Crippen molar-refractivity contribution < 1.29 is 19.2 Å². The molecular formula is C26H20Br2Cl4N2O4. The highest BCUT2D eigenvalue weighted by molar-refractivity contribution is 9.12. The molecule has 0 spiro atoms. The number of carbonyl (C=O) groups excluding carboxylic acids is 4. The fraction of sp³-hybridized carbons (Fsp3) is 0.385. The predicted octanol–water partition coefficient (Wildman–Crippen LogP) is 6.66. The van der Waals surface area contributed by atoms with Crippen LogP contribution in [0.15, 0.2) is 42.5 Å². The van der Waals surface area contributed by atoms with Gasteiger partial charge in [0.2, 0.25) is 0 Å². The van der Waals surface area contributed by atoms with Crippen molar-refractivity contribution in [1.29, 1.82) is 0 Å². The van der Waals surface area contributed by atoms with Gasteiger partial charge in [0.05, 0.1) is 21.9 Å². The van der Waals surface area contributed by atoms with E-state index in [9.17, 15) is 19.2 Å². The third kappa shape index (κ3) is 4.63. The summed E-state index contributed by atoms with van der Waals surface area (Å²) in [7, 11) is 0. The smallest absolute Gasteiger partial charge is 0.273 e. The van der Waals surface area contributed by atoms with E-state index in [4.69, 9.17) is 46.4 Å². The number of hydrazine groups is 1. The van der Waals surface area contributed by atoms with Crippen molar-refractivity contribution in [1.82, 2.24) is 10.0 Å². The average Bonchev–Trinajstić information content (AvgIpc) is 3.51. The molecule has 1 saturated heterocycles. The highest BCUT2D eigenvalue weighted by Gasteiger charge is 2.68. The summed E-state index contributed by atoms with van der Waals surface area (Å²) in [6, 6.07) is 9.16. The van der Waals surface area contributed by atoms with Gasteiger partial charge in [0.1, 0.15) is 6.04 Å². The standard InChI is InChI=1S/C26H20Br2Cl4N2O4/c27-21-14-10-15(22(21)28)20-19(14)25(37)34(26(20)38)33(24(36)12-3-6-16(31)17(32)9-12)18(7-8-29)23(35)11-1-4-13(30)5-2-11/h1-6,9,14-15,18-22H,7-8,10H2/t14-,15-,18+,19-,20-,21-,22+/m1/s1. The Hall–Kier alpha value is -1.16. The van der Waals surface area contributed by atoms with Gasteiger partial charge in [-0.1, -0.05) is 66.7 Å². The van der Waals surface area contributed by atoms with Crippen LogP contribution in [0.3, 0.4) is 0 Å². The quantitative estimate of drug-likeness (QED) is 0.182. The number of benzene rings is 2. The molecule has 12 heteroatoms. The Balaban J connectivity index is 1.61. The number of imide groups is 1.